The molecule has 2 N–H and O–H groups in total. The van der Waals surface area contributed by atoms with E-state index in [1.54, 1.807) is 7.11 Å². The number of hydrogen-bond donors (Lipinski definition) is 2. The molecule has 1 unspecified atom stereocenters. The summed E-state index contributed by atoms with van der Waals surface area (Å²) in [5.74, 6) is 0.729. The molecule has 100 valence electrons. The molecule has 1 saturated heterocycles. The Bertz CT molecular complexity index is 226. The molecule has 0 aliphatic carbocycles. The van der Waals surface area contributed by atoms with E-state index < -0.39 is 0 Å². The van der Waals surface area contributed by atoms with Crippen LogP contribution in [0.3, 0.4) is 0 Å². The van der Waals surface area contributed by atoms with Gasteiger partial charge >= 0.3 is 0 Å². The largest absolute Gasteiger partial charge is 0.385 e. The van der Waals surface area contributed by atoms with E-state index in [2.05, 4.69) is 22.6 Å². The normalized spacial score (nSPS) is 21.2. The summed E-state index contributed by atoms with van der Waals surface area (Å²) >= 11 is 5.22. The van der Waals surface area contributed by atoms with Crippen molar-refractivity contribution < 1.29 is 4.74 Å². The lowest BCUT2D eigenvalue weighted by Crippen LogP contribution is -2.42. The first kappa shape index (κ1) is 14.7. The Morgan fingerprint density at radius 1 is 1.47 bits per heavy atom. The molecule has 17 heavy (non-hydrogen) atoms. The van der Waals surface area contributed by atoms with Crippen LogP contribution >= 0.6 is 12.2 Å². The van der Waals surface area contributed by atoms with Crippen molar-refractivity contribution in [2.45, 2.75) is 19.3 Å². The van der Waals surface area contributed by atoms with Crippen molar-refractivity contribution >= 4 is 17.3 Å². The molecule has 1 atom stereocenters. The van der Waals surface area contributed by atoms with E-state index in [1.807, 2.05) is 0 Å². The van der Waals surface area contributed by atoms with Crippen LogP contribution < -0.4 is 10.6 Å². The summed E-state index contributed by atoms with van der Waals surface area (Å²) in [4.78, 5) is 2.39. The van der Waals surface area contributed by atoms with Gasteiger partial charge in [-0.3, -0.25) is 0 Å². The Balaban J connectivity index is 2.02. The SMILES string of the molecule is COCCCNC(=S)NCC1CCCN(C)C1. The standard InChI is InChI=1S/C12H25N3OS/c1-15-7-3-5-11(10-15)9-14-12(17)13-6-4-8-16-2/h11H,3-10H2,1-2H3,(H2,13,14,17). The highest BCUT2D eigenvalue weighted by Crippen LogP contribution is 2.13. The lowest BCUT2D eigenvalue weighted by atomic mass is 9.99. The zero-order valence-corrected chi connectivity index (χ0v) is 11.8. The summed E-state index contributed by atoms with van der Waals surface area (Å²) < 4.78 is 4.98. The molecule has 0 aromatic heterocycles. The van der Waals surface area contributed by atoms with E-state index >= 15 is 0 Å². The van der Waals surface area contributed by atoms with E-state index in [4.69, 9.17) is 17.0 Å². The minimum Gasteiger partial charge on any atom is -0.385 e. The minimum atomic E-state index is 0.729. The van der Waals surface area contributed by atoms with Gasteiger partial charge in [-0.25, -0.2) is 0 Å². The Labute approximate surface area is 110 Å². The molecule has 0 saturated carbocycles. The molecule has 1 fully saturated rings. The molecule has 0 bridgehead atoms. The fourth-order valence-electron chi connectivity index (χ4n) is 2.16. The van der Waals surface area contributed by atoms with Gasteiger partial charge in [0.2, 0.25) is 0 Å². The third-order valence-corrected chi connectivity index (χ3v) is 3.37. The second-order valence-corrected chi connectivity index (χ2v) is 5.16. The van der Waals surface area contributed by atoms with Crippen LogP contribution in [0.2, 0.25) is 0 Å². The van der Waals surface area contributed by atoms with Gasteiger partial charge in [-0.2, -0.15) is 0 Å². The molecule has 1 rings (SSSR count). The van der Waals surface area contributed by atoms with Crippen molar-refractivity contribution in [1.82, 2.24) is 15.5 Å². The number of nitrogens with zero attached hydrogens (tertiary/aromatic N) is 1. The van der Waals surface area contributed by atoms with E-state index in [9.17, 15) is 0 Å². The summed E-state index contributed by atoms with van der Waals surface area (Å²) in [5.41, 5.74) is 0. The molecule has 1 heterocycles. The number of hydrogen-bond acceptors (Lipinski definition) is 3. The van der Waals surface area contributed by atoms with Crippen LogP contribution in [0.1, 0.15) is 19.3 Å². The van der Waals surface area contributed by atoms with Crippen LogP contribution in [0, 0.1) is 5.92 Å². The molecule has 0 spiro atoms. The predicted octanol–water partition coefficient (Wildman–Crippen LogP) is 0.829. The molecular weight excluding hydrogens is 234 g/mol. The molecular formula is C12H25N3OS. The average molecular weight is 259 g/mol. The maximum Gasteiger partial charge on any atom is 0.166 e. The maximum absolute atomic E-state index is 5.22. The van der Waals surface area contributed by atoms with Crippen LogP contribution in [0.25, 0.3) is 0 Å². The van der Waals surface area contributed by atoms with E-state index in [-0.39, 0.29) is 0 Å². The van der Waals surface area contributed by atoms with Crippen LogP contribution in [-0.4, -0.2) is 57.0 Å². The van der Waals surface area contributed by atoms with Gasteiger partial charge in [-0.1, -0.05) is 0 Å². The lowest BCUT2D eigenvalue weighted by molar-refractivity contribution is 0.195. The van der Waals surface area contributed by atoms with Gasteiger partial charge in [-0.15, -0.1) is 0 Å². The van der Waals surface area contributed by atoms with Crippen LogP contribution in [-0.2, 0) is 4.74 Å². The molecule has 1 aliphatic rings. The lowest BCUT2D eigenvalue weighted by Gasteiger charge is -2.30. The number of rotatable bonds is 6. The molecule has 5 heteroatoms. The van der Waals surface area contributed by atoms with Crippen LogP contribution in [0.5, 0.6) is 0 Å². The highest BCUT2D eigenvalue weighted by atomic mass is 32.1. The first-order valence-corrected chi connectivity index (χ1v) is 6.82. The second kappa shape index (κ2) is 8.66. The van der Waals surface area contributed by atoms with Crippen molar-refractivity contribution in [3.05, 3.63) is 0 Å². The minimum absolute atomic E-state index is 0.729. The summed E-state index contributed by atoms with van der Waals surface area (Å²) in [7, 11) is 3.91. The smallest absolute Gasteiger partial charge is 0.166 e. The molecule has 1 aliphatic heterocycles. The Kier molecular flexibility index (Phi) is 7.48. The van der Waals surface area contributed by atoms with Crippen molar-refractivity contribution in [3.63, 3.8) is 0 Å². The number of methoxy groups -OCH3 is 1. The zero-order valence-electron chi connectivity index (χ0n) is 11.0. The fourth-order valence-corrected chi connectivity index (χ4v) is 2.34. The van der Waals surface area contributed by atoms with E-state index in [0.29, 0.717) is 0 Å². The van der Waals surface area contributed by atoms with E-state index in [0.717, 1.165) is 37.1 Å². The van der Waals surface area contributed by atoms with Gasteiger partial charge in [-0.05, 0) is 51.0 Å². The van der Waals surface area contributed by atoms with Crippen molar-refractivity contribution in [1.29, 1.82) is 0 Å². The zero-order chi connectivity index (χ0) is 12.5. The van der Waals surface area contributed by atoms with Gasteiger partial charge < -0.3 is 20.3 Å². The van der Waals surface area contributed by atoms with Gasteiger partial charge in [0.15, 0.2) is 5.11 Å². The summed E-state index contributed by atoms with van der Waals surface area (Å²) in [6.45, 7) is 5.06. The van der Waals surface area contributed by atoms with Crippen LogP contribution in [0.4, 0.5) is 0 Å². The van der Waals surface area contributed by atoms with Crippen molar-refractivity contribution in [3.8, 4) is 0 Å². The monoisotopic (exact) mass is 259 g/mol. The maximum atomic E-state index is 5.22. The number of likely N-dealkylation sites (tertiary alicyclic amines) is 1. The quantitative estimate of drug-likeness (QED) is 0.546. The third kappa shape index (κ3) is 6.81. The Hall–Kier alpha value is -0.390. The summed E-state index contributed by atoms with van der Waals surface area (Å²) in [5, 5.41) is 7.27. The van der Waals surface area contributed by atoms with Gasteiger partial charge in [0, 0.05) is 33.4 Å². The fraction of sp³-hybridized carbons (Fsp3) is 0.917. The highest BCUT2D eigenvalue weighted by Gasteiger charge is 2.16. The van der Waals surface area contributed by atoms with Crippen LogP contribution in [0.15, 0.2) is 0 Å². The van der Waals surface area contributed by atoms with E-state index in [1.165, 1.54) is 25.9 Å². The molecule has 0 radical (unpaired) electrons. The Morgan fingerprint density at radius 2 is 2.29 bits per heavy atom. The average Bonchev–Trinajstić information content (AvgIpc) is 2.32. The van der Waals surface area contributed by atoms with Crippen molar-refractivity contribution in [2.75, 3.05) is 46.9 Å². The first-order chi connectivity index (χ1) is 8.22. The molecule has 4 nitrogen and oxygen atoms in total. The number of thiocarbonyl (C=S) groups is 1. The summed E-state index contributed by atoms with van der Waals surface area (Å²) in [6, 6.07) is 0. The molecule has 0 aromatic rings. The highest BCUT2D eigenvalue weighted by molar-refractivity contribution is 7.80. The Morgan fingerprint density at radius 3 is 3.00 bits per heavy atom. The van der Waals surface area contributed by atoms with Crippen molar-refractivity contribution in [2.24, 2.45) is 5.92 Å². The number of ether oxygens (including phenoxy) is 1. The summed E-state index contributed by atoms with van der Waals surface area (Å²) in [6.07, 6.45) is 3.60. The van der Waals surface area contributed by atoms with Gasteiger partial charge in [0.25, 0.3) is 0 Å². The molecule has 0 amide bonds. The first-order valence-electron chi connectivity index (χ1n) is 6.41. The topological polar surface area (TPSA) is 36.5 Å². The van der Waals surface area contributed by atoms with Gasteiger partial charge in [0.05, 0.1) is 0 Å². The number of nitrogens with one attached hydrogen (secondary N) is 2. The second-order valence-electron chi connectivity index (χ2n) is 4.75. The number of piperidine rings is 1. The predicted molar refractivity (Wildman–Crippen MR) is 75.3 cm³/mol. The third-order valence-electron chi connectivity index (χ3n) is 3.08. The molecule has 0 aromatic carbocycles. The van der Waals surface area contributed by atoms with Gasteiger partial charge in [0.1, 0.15) is 0 Å².